The number of anilines is 2. The average Bonchev–Trinajstić information content (AvgIpc) is 3.46. The van der Waals surface area contributed by atoms with Crippen molar-refractivity contribution in [3.63, 3.8) is 0 Å². The van der Waals surface area contributed by atoms with E-state index in [4.69, 9.17) is 11.6 Å². The van der Waals surface area contributed by atoms with E-state index >= 15 is 0 Å². The Morgan fingerprint density at radius 1 is 1.36 bits per heavy atom. The summed E-state index contributed by atoms with van der Waals surface area (Å²) in [6.45, 7) is 2.20. The molecule has 0 unspecified atom stereocenters. The van der Waals surface area contributed by atoms with Gasteiger partial charge >= 0.3 is 0 Å². The first kappa shape index (κ1) is 19.0. The second-order valence-corrected chi connectivity index (χ2v) is 8.51. The van der Waals surface area contributed by atoms with Crippen LogP contribution in [-0.2, 0) is 16.1 Å². The van der Waals surface area contributed by atoms with Gasteiger partial charge in [0.05, 0.1) is 27.6 Å². The Morgan fingerprint density at radius 2 is 2.14 bits per heavy atom. The normalized spacial score (nSPS) is 16.1. The molecular weight excluding hydrogens is 400 g/mol. The van der Waals surface area contributed by atoms with Crippen molar-refractivity contribution >= 4 is 46.6 Å². The molecule has 2 aromatic rings. The van der Waals surface area contributed by atoms with Crippen molar-refractivity contribution in [3.05, 3.63) is 45.3 Å². The summed E-state index contributed by atoms with van der Waals surface area (Å²) in [4.78, 5) is 40.0. The number of thioether (sulfide) groups is 1. The first-order chi connectivity index (χ1) is 13.4. The lowest BCUT2D eigenvalue weighted by atomic mass is 10.2. The monoisotopic (exact) mass is 418 g/mol. The molecule has 2 heterocycles. The fourth-order valence-corrected chi connectivity index (χ4v) is 4.24. The third kappa shape index (κ3) is 3.93. The lowest BCUT2D eigenvalue weighted by Crippen LogP contribution is -2.43. The van der Waals surface area contributed by atoms with E-state index in [1.165, 1.54) is 11.8 Å². The molecule has 1 aliphatic heterocycles. The van der Waals surface area contributed by atoms with Gasteiger partial charge in [0.2, 0.25) is 11.8 Å². The Hall–Kier alpha value is -2.32. The maximum atomic E-state index is 13.0. The zero-order valence-electron chi connectivity index (χ0n) is 15.3. The highest BCUT2D eigenvalue weighted by molar-refractivity contribution is 8.00. The quantitative estimate of drug-likeness (QED) is 0.807. The van der Waals surface area contributed by atoms with Crippen LogP contribution >= 0.6 is 23.4 Å². The summed E-state index contributed by atoms with van der Waals surface area (Å²) in [5.74, 6) is 0.268. The van der Waals surface area contributed by atoms with Gasteiger partial charge in [-0.3, -0.25) is 14.4 Å². The lowest BCUT2D eigenvalue weighted by molar-refractivity contribution is -0.117. The Kier molecular flexibility index (Phi) is 5.16. The molecule has 7 nitrogen and oxygen atoms in total. The minimum Gasteiger partial charge on any atom is -0.323 e. The van der Waals surface area contributed by atoms with Crippen molar-refractivity contribution in [2.45, 2.75) is 31.2 Å². The summed E-state index contributed by atoms with van der Waals surface area (Å²) in [5, 5.41) is 7.24. The van der Waals surface area contributed by atoms with Crippen molar-refractivity contribution in [3.8, 4) is 0 Å². The summed E-state index contributed by atoms with van der Waals surface area (Å²) in [6, 6.07) is 5.30. The van der Waals surface area contributed by atoms with Gasteiger partial charge in [0.15, 0.2) is 0 Å². The number of aromatic nitrogens is 2. The highest BCUT2D eigenvalue weighted by Gasteiger charge is 2.34. The topological polar surface area (TPSA) is 84.3 Å². The lowest BCUT2D eigenvalue weighted by Gasteiger charge is -2.28. The molecule has 0 bridgehead atoms. The zero-order chi connectivity index (χ0) is 19.8. The van der Waals surface area contributed by atoms with Gasteiger partial charge in [-0.2, -0.15) is 5.10 Å². The molecular formula is C19H19ClN4O3S. The molecule has 1 aliphatic carbocycles. The molecule has 9 heteroatoms. The van der Waals surface area contributed by atoms with E-state index in [0.717, 1.165) is 23.1 Å². The highest BCUT2D eigenvalue weighted by atomic mass is 35.5. The number of carbonyl (C=O) groups excluding carboxylic acids is 2. The number of halogens is 1. The molecule has 1 N–H and O–H groups in total. The first-order valence-electron chi connectivity index (χ1n) is 9.01. The van der Waals surface area contributed by atoms with Gasteiger partial charge in [-0.05, 0) is 43.4 Å². The van der Waals surface area contributed by atoms with Crippen LogP contribution in [0.1, 0.15) is 18.4 Å². The molecule has 2 aliphatic rings. The van der Waals surface area contributed by atoms with Gasteiger partial charge < -0.3 is 10.2 Å². The van der Waals surface area contributed by atoms with Crippen LogP contribution in [0.3, 0.4) is 0 Å². The Morgan fingerprint density at radius 3 is 2.86 bits per heavy atom. The van der Waals surface area contributed by atoms with E-state index in [9.17, 15) is 14.4 Å². The molecule has 4 rings (SSSR count). The van der Waals surface area contributed by atoms with E-state index in [2.05, 4.69) is 10.4 Å². The second kappa shape index (κ2) is 7.60. The maximum Gasteiger partial charge on any atom is 0.292 e. The number of hydrogen-bond donors (Lipinski definition) is 1. The van der Waals surface area contributed by atoms with Crippen molar-refractivity contribution < 1.29 is 9.59 Å². The van der Waals surface area contributed by atoms with Gasteiger partial charge in [-0.25, -0.2) is 4.68 Å². The van der Waals surface area contributed by atoms with Crippen LogP contribution < -0.4 is 15.8 Å². The number of amides is 2. The fraction of sp³-hybridized carbons (Fsp3) is 0.368. The highest BCUT2D eigenvalue weighted by Crippen LogP contribution is 2.36. The van der Waals surface area contributed by atoms with Crippen molar-refractivity contribution in [1.29, 1.82) is 0 Å². The van der Waals surface area contributed by atoms with Crippen LogP contribution in [0.15, 0.2) is 34.1 Å². The largest absolute Gasteiger partial charge is 0.323 e. The summed E-state index contributed by atoms with van der Waals surface area (Å²) in [5.41, 5.74) is 1.37. The van der Waals surface area contributed by atoms with Gasteiger partial charge in [0, 0.05) is 6.54 Å². The van der Waals surface area contributed by atoms with Crippen LogP contribution in [0.2, 0.25) is 5.02 Å². The van der Waals surface area contributed by atoms with E-state index in [0.29, 0.717) is 39.5 Å². The number of carbonyl (C=O) groups is 2. The Balaban J connectivity index is 1.57. The Bertz CT molecular complexity index is 1020. The average molecular weight is 419 g/mol. The number of hydrogen-bond acceptors (Lipinski definition) is 5. The van der Waals surface area contributed by atoms with Crippen LogP contribution in [-0.4, -0.2) is 33.9 Å². The third-order valence-electron chi connectivity index (χ3n) is 4.74. The minimum absolute atomic E-state index is 0.0739. The van der Waals surface area contributed by atoms with Crippen molar-refractivity contribution in [2.24, 2.45) is 5.92 Å². The van der Waals surface area contributed by atoms with Crippen LogP contribution in [0.5, 0.6) is 0 Å². The van der Waals surface area contributed by atoms with Gasteiger partial charge in [-0.1, -0.05) is 17.7 Å². The number of fused-ring (bicyclic) bond motifs is 1. The molecule has 146 valence electrons. The summed E-state index contributed by atoms with van der Waals surface area (Å²) in [7, 11) is 0. The van der Waals surface area contributed by atoms with Gasteiger partial charge in [-0.15, -0.1) is 11.8 Å². The maximum absolute atomic E-state index is 13.0. The smallest absolute Gasteiger partial charge is 0.292 e. The SMILES string of the molecule is Cc1ccc(NC(=O)Cn2ncc3c(c2=O)N(CC2CC2)C(=O)CS3)c(Cl)c1. The van der Waals surface area contributed by atoms with Crippen LogP contribution in [0, 0.1) is 12.8 Å². The van der Waals surface area contributed by atoms with E-state index in [1.807, 2.05) is 13.0 Å². The predicted octanol–water partition coefficient (Wildman–Crippen LogP) is 2.69. The summed E-state index contributed by atoms with van der Waals surface area (Å²) < 4.78 is 1.09. The summed E-state index contributed by atoms with van der Waals surface area (Å²) in [6.07, 6.45) is 3.70. The Labute approximate surface area is 171 Å². The molecule has 1 saturated carbocycles. The third-order valence-corrected chi connectivity index (χ3v) is 6.05. The number of nitrogens with one attached hydrogen (secondary N) is 1. The minimum atomic E-state index is -0.427. The number of rotatable bonds is 5. The first-order valence-corrected chi connectivity index (χ1v) is 10.4. The van der Waals surface area contributed by atoms with Gasteiger partial charge in [0.25, 0.3) is 5.56 Å². The molecule has 1 fully saturated rings. The molecule has 0 saturated heterocycles. The molecule has 0 atom stereocenters. The number of nitrogens with zero attached hydrogens (tertiary/aromatic N) is 3. The molecule has 1 aromatic heterocycles. The standard InChI is InChI=1S/C19H19ClN4O3S/c1-11-2-5-14(13(20)6-11)22-16(25)9-24-19(27)18-15(7-21-24)28-10-17(26)23(18)8-12-3-4-12/h2,5-7,12H,3-4,8-10H2,1H3,(H,22,25). The fourth-order valence-electron chi connectivity index (χ4n) is 3.07. The summed E-state index contributed by atoms with van der Waals surface area (Å²) >= 11 is 7.46. The van der Waals surface area contributed by atoms with E-state index < -0.39 is 11.5 Å². The number of aryl methyl sites for hydroxylation is 1. The molecule has 1 aromatic carbocycles. The molecule has 0 spiro atoms. The molecule has 0 radical (unpaired) electrons. The van der Waals surface area contributed by atoms with E-state index in [-0.39, 0.29) is 12.5 Å². The zero-order valence-corrected chi connectivity index (χ0v) is 16.8. The van der Waals surface area contributed by atoms with Crippen molar-refractivity contribution in [2.75, 3.05) is 22.5 Å². The number of benzene rings is 1. The van der Waals surface area contributed by atoms with Crippen molar-refractivity contribution in [1.82, 2.24) is 9.78 Å². The van der Waals surface area contributed by atoms with Crippen LogP contribution in [0.4, 0.5) is 11.4 Å². The second-order valence-electron chi connectivity index (χ2n) is 7.09. The molecule has 28 heavy (non-hydrogen) atoms. The predicted molar refractivity (Wildman–Crippen MR) is 109 cm³/mol. The van der Waals surface area contributed by atoms with Gasteiger partial charge in [0.1, 0.15) is 12.2 Å². The van der Waals surface area contributed by atoms with E-state index in [1.54, 1.807) is 23.2 Å². The molecule has 2 amide bonds. The van der Waals surface area contributed by atoms with Crippen LogP contribution in [0.25, 0.3) is 0 Å².